The van der Waals surface area contributed by atoms with Crippen LogP contribution in [-0.2, 0) is 0 Å². The van der Waals surface area contributed by atoms with Crippen molar-refractivity contribution in [3.05, 3.63) is 65.0 Å². The molecule has 0 aliphatic rings. The van der Waals surface area contributed by atoms with Crippen molar-refractivity contribution in [1.82, 2.24) is 4.31 Å². The van der Waals surface area contributed by atoms with Crippen molar-refractivity contribution < 1.29 is 9.21 Å². The van der Waals surface area contributed by atoms with E-state index in [0.717, 1.165) is 15.3 Å². The fourth-order valence-electron chi connectivity index (χ4n) is 2.20. The Morgan fingerprint density at radius 2 is 1.83 bits per heavy atom. The Bertz CT molecular complexity index is 917. The van der Waals surface area contributed by atoms with Gasteiger partial charge in [-0.3, -0.25) is 4.31 Å². The number of hydrogen-bond donors (Lipinski definition) is 2. The molecule has 1 aromatic heterocycles. The number of anilines is 1. The van der Waals surface area contributed by atoms with Gasteiger partial charge in [0.05, 0.1) is 5.56 Å². The summed E-state index contributed by atoms with van der Waals surface area (Å²) in [5.74, 6) is 0. The van der Waals surface area contributed by atoms with Gasteiger partial charge in [-0.25, -0.2) is 9.59 Å². The molecule has 0 saturated heterocycles. The van der Waals surface area contributed by atoms with Crippen molar-refractivity contribution in [2.24, 2.45) is 0 Å². The van der Waals surface area contributed by atoms with Crippen molar-refractivity contribution >= 4 is 35.5 Å². The Labute approximate surface area is 138 Å². The SMILES string of the molecule is CN(S)C(=O)Nc1ccc(-c2cc3ccccc3oc2=O)cc1. The van der Waals surface area contributed by atoms with Crippen molar-refractivity contribution in [2.75, 3.05) is 12.4 Å². The zero-order chi connectivity index (χ0) is 16.4. The minimum atomic E-state index is -0.393. The van der Waals surface area contributed by atoms with Crippen LogP contribution in [0.1, 0.15) is 0 Å². The first-order chi connectivity index (χ1) is 11.0. The predicted octanol–water partition coefficient (Wildman–Crippen LogP) is 3.77. The van der Waals surface area contributed by atoms with Crippen LogP contribution in [0, 0.1) is 0 Å². The molecule has 0 bridgehead atoms. The minimum absolute atomic E-state index is 0.341. The summed E-state index contributed by atoms with van der Waals surface area (Å²) < 4.78 is 6.48. The van der Waals surface area contributed by atoms with E-state index in [-0.39, 0.29) is 6.03 Å². The number of hydrogen-bond acceptors (Lipinski definition) is 4. The Morgan fingerprint density at radius 1 is 1.13 bits per heavy atom. The molecule has 1 heterocycles. The summed E-state index contributed by atoms with van der Waals surface area (Å²) in [4.78, 5) is 23.7. The molecule has 0 aliphatic carbocycles. The highest BCUT2D eigenvalue weighted by Crippen LogP contribution is 2.22. The van der Waals surface area contributed by atoms with Gasteiger partial charge in [0, 0.05) is 18.1 Å². The van der Waals surface area contributed by atoms with E-state index in [0.29, 0.717) is 16.8 Å². The van der Waals surface area contributed by atoms with Crippen molar-refractivity contribution in [1.29, 1.82) is 0 Å². The summed E-state index contributed by atoms with van der Waals surface area (Å²) in [5.41, 5.74) is 1.98. The smallest absolute Gasteiger partial charge is 0.344 e. The Morgan fingerprint density at radius 3 is 2.52 bits per heavy atom. The molecule has 0 fully saturated rings. The summed E-state index contributed by atoms with van der Waals surface area (Å²) in [6.45, 7) is 0. The molecule has 3 aromatic rings. The van der Waals surface area contributed by atoms with Crippen LogP contribution in [0.2, 0.25) is 0 Å². The van der Waals surface area contributed by atoms with Crippen LogP contribution in [0.25, 0.3) is 22.1 Å². The number of fused-ring (bicyclic) bond motifs is 1. The van der Waals surface area contributed by atoms with Gasteiger partial charge in [-0.1, -0.05) is 43.1 Å². The molecule has 2 amide bonds. The number of urea groups is 1. The average molecular weight is 326 g/mol. The molecule has 23 heavy (non-hydrogen) atoms. The number of amides is 2. The second-order valence-corrected chi connectivity index (χ2v) is 5.62. The quantitative estimate of drug-likeness (QED) is 0.556. The lowest BCUT2D eigenvalue weighted by molar-refractivity contribution is 0.243. The molecule has 3 rings (SSSR count). The third-order valence-corrected chi connectivity index (χ3v) is 3.56. The van der Waals surface area contributed by atoms with E-state index in [1.807, 2.05) is 18.2 Å². The molecule has 0 spiro atoms. The largest absolute Gasteiger partial charge is 0.422 e. The van der Waals surface area contributed by atoms with E-state index in [1.165, 1.54) is 7.05 Å². The number of rotatable bonds is 2. The monoisotopic (exact) mass is 326 g/mol. The molecule has 0 unspecified atom stereocenters. The van der Waals surface area contributed by atoms with E-state index in [9.17, 15) is 9.59 Å². The topological polar surface area (TPSA) is 62.6 Å². The number of nitrogens with one attached hydrogen (secondary N) is 1. The second kappa shape index (κ2) is 6.18. The highest BCUT2D eigenvalue weighted by molar-refractivity contribution is 7.78. The van der Waals surface area contributed by atoms with Crippen LogP contribution in [0.5, 0.6) is 0 Å². The van der Waals surface area contributed by atoms with Gasteiger partial charge >= 0.3 is 11.7 Å². The molecule has 1 N–H and O–H groups in total. The fraction of sp³-hybridized carbons (Fsp3) is 0.0588. The number of carbonyl (C=O) groups excluding carboxylic acids is 1. The first-order valence-electron chi connectivity index (χ1n) is 6.91. The maximum Gasteiger partial charge on any atom is 0.344 e. The fourth-order valence-corrected chi connectivity index (χ4v) is 2.25. The number of para-hydroxylation sites is 1. The summed E-state index contributed by atoms with van der Waals surface area (Å²) in [5, 5.41) is 3.53. The van der Waals surface area contributed by atoms with E-state index in [1.54, 1.807) is 36.4 Å². The van der Waals surface area contributed by atoms with Crippen molar-refractivity contribution in [3.63, 3.8) is 0 Å². The van der Waals surface area contributed by atoms with Crippen LogP contribution in [0.3, 0.4) is 0 Å². The van der Waals surface area contributed by atoms with Crippen LogP contribution in [0.15, 0.2) is 63.8 Å². The van der Waals surface area contributed by atoms with Crippen LogP contribution >= 0.6 is 12.8 Å². The summed E-state index contributed by atoms with van der Waals surface area (Å²) in [7, 11) is 1.53. The summed E-state index contributed by atoms with van der Waals surface area (Å²) in [6, 6.07) is 15.8. The molecule has 0 radical (unpaired) electrons. The normalized spacial score (nSPS) is 10.5. The van der Waals surface area contributed by atoms with Gasteiger partial charge < -0.3 is 9.73 Å². The Balaban J connectivity index is 1.94. The Hall–Kier alpha value is -2.73. The average Bonchev–Trinajstić information content (AvgIpc) is 2.55. The molecule has 5 nitrogen and oxygen atoms in total. The van der Waals surface area contributed by atoms with Gasteiger partial charge in [-0.05, 0) is 29.8 Å². The maximum atomic E-state index is 12.1. The van der Waals surface area contributed by atoms with Crippen LogP contribution < -0.4 is 10.9 Å². The van der Waals surface area contributed by atoms with Gasteiger partial charge in [0.15, 0.2) is 0 Å². The standard InChI is InChI=1S/C17H14N2O3S/c1-19(23)17(21)18-13-8-6-11(7-9-13)14-10-12-4-2-3-5-15(12)22-16(14)20/h2-10,23H,1H3,(H,18,21). The van der Waals surface area contributed by atoms with Crippen LogP contribution in [-0.4, -0.2) is 17.4 Å². The molecule has 0 atom stereocenters. The molecule has 0 aliphatic heterocycles. The molecule has 116 valence electrons. The number of carbonyl (C=O) groups is 1. The zero-order valence-corrected chi connectivity index (χ0v) is 13.2. The first-order valence-corrected chi connectivity index (χ1v) is 7.31. The highest BCUT2D eigenvalue weighted by Gasteiger charge is 2.09. The van der Waals surface area contributed by atoms with Crippen molar-refractivity contribution in [2.45, 2.75) is 0 Å². The number of benzene rings is 2. The molecule has 6 heteroatoms. The molecular weight excluding hydrogens is 312 g/mol. The molecule has 2 aromatic carbocycles. The van der Waals surface area contributed by atoms with Gasteiger partial charge in [0.25, 0.3) is 0 Å². The second-order valence-electron chi connectivity index (χ2n) is 5.02. The van der Waals surface area contributed by atoms with E-state index in [4.69, 9.17) is 4.42 Å². The van der Waals surface area contributed by atoms with Gasteiger partial charge in [0.2, 0.25) is 0 Å². The lowest BCUT2D eigenvalue weighted by Crippen LogP contribution is -2.23. The van der Waals surface area contributed by atoms with Gasteiger partial charge in [0.1, 0.15) is 5.58 Å². The number of nitrogens with zero attached hydrogens (tertiary/aromatic N) is 1. The maximum absolute atomic E-state index is 12.1. The lowest BCUT2D eigenvalue weighted by Gasteiger charge is -2.11. The van der Waals surface area contributed by atoms with Gasteiger partial charge in [-0.2, -0.15) is 0 Å². The van der Waals surface area contributed by atoms with Crippen molar-refractivity contribution in [3.8, 4) is 11.1 Å². The summed E-state index contributed by atoms with van der Waals surface area (Å²) >= 11 is 3.92. The predicted molar refractivity (Wildman–Crippen MR) is 93.7 cm³/mol. The summed E-state index contributed by atoms with van der Waals surface area (Å²) in [6.07, 6.45) is 0. The minimum Gasteiger partial charge on any atom is -0.422 e. The third-order valence-electron chi connectivity index (χ3n) is 3.38. The van der Waals surface area contributed by atoms with E-state index >= 15 is 0 Å². The number of thiol groups is 1. The lowest BCUT2D eigenvalue weighted by atomic mass is 10.1. The Kier molecular flexibility index (Phi) is 4.08. The third kappa shape index (κ3) is 3.22. The first kappa shape index (κ1) is 15.2. The van der Waals surface area contributed by atoms with Gasteiger partial charge in [-0.15, -0.1) is 0 Å². The van der Waals surface area contributed by atoms with Crippen LogP contribution in [0.4, 0.5) is 10.5 Å². The van der Waals surface area contributed by atoms with E-state index in [2.05, 4.69) is 18.1 Å². The van der Waals surface area contributed by atoms with E-state index < -0.39 is 5.63 Å². The zero-order valence-electron chi connectivity index (χ0n) is 12.3. The molecule has 0 saturated carbocycles. The highest BCUT2D eigenvalue weighted by atomic mass is 32.1. The molecular formula is C17H14N2O3S.